The number of carbonyl (C=O) groups is 2. The Labute approximate surface area is 182 Å². The lowest BCUT2D eigenvalue weighted by atomic mass is 9.87. The zero-order chi connectivity index (χ0) is 22.1. The first-order chi connectivity index (χ1) is 14.0. The number of likely N-dealkylation sites (tertiary alicyclic amines) is 2. The summed E-state index contributed by atoms with van der Waals surface area (Å²) in [5, 5.41) is 0. The van der Waals surface area contributed by atoms with Crippen LogP contribution < -0.4 is 0 Å². The Morgan fingerprint density at radius 3 is 2.10 bits per heavy atom. The minimum Gasteiger partial charge on any atom is -0.444 e. The van der Waals surface area contributed by atoms with Crippen molar-refractivity contribution in [3.8, 4) is 0 Å². The Bertz CT molecular complexity index is 612. The molecule has 0 unspecified atom stereocenters. The summed E-state index contributed by atoms with van der Waals surface area (Å²) in [4.78, 5) is 33.6. The number of ether oxygens (including phenoxy) is 1. The molecule has 2 aliphatic heterocycles. The van der Waals surface area contributed by atoms with Crippen LogP contribution in [-0.4, -0.2) is 95.7 Å². The third-order valence-electron chi connectivity index (χ3n) is 7.21. The molecule has 172 valence electrons. The van der Waals surface area contributed by atoms with Crippen LogP contribution in [0.3, 0.4) is 0 Å². The van der Waals surface area contributed by atoms with Gasteiger partial charge in [-0.15, -0.1) is 0 Å². The lowest BCUT2D eigenvalue weighted by molar-refractivity contribution is 0.0229. The van der Waals surface area contributed by atoms with E-state index in [-0.39, 0.29) is 18.2 Å². The van der Waals surface area contributed by atoms with Crippen molar-refractivity contribution in [2.45, 2.75) is 89.9 Å². The minimum absolute atomic E-state index is 0.0153. The Hall–Kier alpha value is -1.50. The summed E-state index contributed by atoms with van der Waals surface area (Å²) in [5.74, 6) is 0.867. The lowest BCUT2D eigenvalue weighted by Gasteiger charge is -2.35. The molecule has 0 aromatic rings. The highest BCUT2D eigenvalue weighted by Gasteiger charge is 2.38. The largest absolute Gasteiger partial charge is 0.444 e. The maximum atomic E-state index is 13.1. The molecule has 2 saturated heterocycles. The van der Waals surface area contributed by atoms with E-state index in [1.54, 1.807) is 11.9 Å². The molecule has 7 heteroatoms. The second-order valence-corrected chi connectivity index (χ2v) is 10.7. The van der Waals surface area contributed by atoms with Crippen molar-refractivity contribution in [3.05, 3.63) is 0 Å². The molecule has 0 bridgehead atoms. The van der Waals surface area contributed by atoms with Crippen LogP contribution in [0.4, 0.5) is 9.59 Å². The summed E-state index contributed by atoms with van der Waals surface area (Å²) < 4.78 is 5.48. The standard InChI is InChI=1S/C23H42N4O3/c1-17-7-9-18(10-8-17)26-13-11-19(15-26)24(5)21(28)27-14-12-20(16-27)25(6)22(29)30-23(2,3)4/h17-20H,7-16H2,1-6H3/t17?,18?,19-,20+/m1/s1. The highest BCUT2D eigenvalue weighted by molar-refractivity contribution is 5.75. The van der Waals surface area contributed by atoms with E-state index in [0.29, 0.717) is 25.2 Å². The van der Waals surface area contributed by atoms with Gasteiger partial charge in [0.25, 0.3) is 0 Å². The number of amides is 3. The number of nitrogens with zero attached hydrogens (tertiary/aromatic N) is 4. The van der Waals surface area contributed by atoms with Crippen LogP contribution in [0.5, 0.6) is 0 Å². The SMILES string of the molecule is CC1CCC(N2CC[C@@H](N(C)C(=O)N3CC[C@H](N(C)C(=O)OC(C)(C)C)C3)C2)CC1. The van der Waals surface area contributed by atoms with E-state index in [4.69, 9.17) is 4.74 Å². The van der Waals surface area contributed by atoms with Gasteiger partial charge >= 0.3 is 12.1 Å². The summed E-state index contributed by atoms with van der Waals surface area (Å²) in [6.45, 7) is 11.3. The monoisotopic (exact) mass is 422 g/mol. The van der Waals surface area contributed by atoms with Gasteiger partial charge in [0.05, 0.1) is 6.04 Å². The predicted molar refractivity (Wildman–Crippen MR) is 119 cm³/mol. The Morgan fingerprint density at radius 1 is 0.867 bits per heavy atom. The average molecular weight is 423 g/mol. The van der Waals surface area contributed by atoms with Gasteiger partial charge in [-0.1, -0.05) is 6.92 Å². The molecule has 3 fully saturated rings. The van der Waals surface area contributed by atoms with Gasteiger partial charge in [-0.2, -0.15) is 0 Å². The molecule has 0 radical (unpaired) electrons. The average Bonchev–Trinajstić information content (AvgIpc) is 3.35. The van der Waals surface area contributed by atoms with Crippen LogP contribution in [0.2, 0.25) is 0 Å². The van der Waals surface area contributed by atoms with Gasteiger partial charge < -0.3 is 19.4 Å². The number of carbonyl (C=O) groups excluding carboxylic acids is 2. The van der Waals surface area contributed by atoms with Crippen molar-refractivity contribution in [1.29, 1.82) is 0 Å². The summed E-state index contributed by atoms with van der Waals surface area (Å²) in [5.41, 5.74) is -0.510. The molecule has 0 aromatic carbocycles. The first-order valence-corrected chi connectivity index (χ1v) is 11.8. The van der Waals surface area contributed by atoms with Gasteiger partial charge in [-0.25, -0.2) is 9.59 Å². The van der Waals surface area contributed by atoms with E-state index in [2.05, 4.69) is 11.8 Å². The van der Waals surface area contributed by atoms with Crippen molar-refractivity contribution in [1.82, 2.24) is 19.6 Å². The van der Waals surface area contributed by atoms with E-state index < -0.39 is 5.60 Å². The maximum absolute atomic E-state index is 13.1. The van der Waals surface area contributed by atoms with E-state index in [9.17, 15) is 9.59 Å². The number of hydrogen-bond acceptors (Lipinski definition) is 4. The van der Waals surface area contributed by atoms with Crippen LogP contribution in [0.15, 0.2) is 0 Å². The second kappa shape index (κ2) is 9.33. The van der Waals surface area contributed by atoms with E-state index in [1.807, 2.05) is 37.6 Å². The molecule has 30 heavy (non-hydrogen) atoms. The Balaban J connectivity index is 1.48. The normalized spacial score (nSPS) is 30.4. The van der Waals surface area contributed by atoms with Crippen molar-refractivity contribution >= 4 is 12.1 Å². The summed E-state index contributed by atoms with van der Waals surface area (Å²) >= 11 is 0. The molecule has 0 aromatic heterocycles. The molecular formula is C23H42N4O3. The van der Waals surface area contributed by atoms with E-state index in [1.165, 1.54) is 25.7 Å². The maximum Gasteiger partial charge on any atom is 0.410 e. The third kappa shape index (κ3) is 5.59. The number of rotatable bonds is 3. The minimum atomic E-state index is -0.510. The summed E-state index contributed by atoms with van der Waals surface area (Å²) in [6, 6.07) is 1.11. The van der Waals surface area contributed by atoms with Gasteiger partial charge in [0.1, 0.15) is 5.60 Å². The van der Waals surface area contributed by atoms with E-state index >= 15 is 0 Å². The Kier molecular flexibility index (Phi) is 7.20. The van der Waals surface area contributed by atoms with Crippen LogP contribution in [0.1, 0.15) is 66.2 Å². The molecule has 1 saturated carbocycles. The zero-order valence-corrected chi connectivity index (χ0v) is 19.9. The fraction of sp³-hybridized carbons (Fsp3) is 0.913. The zero-order valence-electron chi connectivity index (χ0n) is 19.9. The fourth-order valence-corrected chi connectivity index (χ4v) is 5.12. The van der Waals surface area contributed by atoms with Gasteiger partial charge in [0.15, 0.2) is 0 Å². The molecule has 0 spiro atoms. The van der Waals surface area contributed by atoms with Crippen molar-refractivity contribution in [2.24, 2.45) is 5.92 Å². The van der Waals surface area contributed by atoms with Gasteiger partial charge in [-0.3, -0.25) is 4.90 Å². The third-order valence-corrected chi connectivity index (χ3v) is 7.21. The second-order valence-electron chi connectivity index (χ2n) is 10.7. The Morgan fingerprint density at radius 2 is 1.47 bits per heavy atom. The van der Waals surface area contributed by atoms with Crippen molar-refractivity contribution in [3.63, 3.8) is 0 Å². The number of likely N-dealkylation sites (N-methyl/N-ethyl adjacent to an activating group) is 2. The van der Waals surface area contributed by atoms with E-state index in [0.717, 1.165) is 31.8 Å². The number of urea groups is 1. The molecule has 2 atom stereocenters. The summed E-state index contributed by atoms with van der Waals surface area (Å²) in [6.07, 6.45) is 6.81. The molecule has 7 nitrogen and oxygen atoms in total. The molecule has 3 aliphatic rings. The van der Waals surface area contributed by atoms with Crippen LogP contribution >= 0.6 is 0 Å². The summed E-state index contributed by atoms with van der Waals surface area (Å²) in [7, 11) is 3.72. The lowest BCUT2D eigenvalue weighted by Crippen LogP contribution is -2.48. The molecule has 2 heterocycles. The molecule has 3 amide bonds. The first kappa shape index (κ1) is 23.2. The fourth-order valence-electron chi connectivity index (χ4n) is 5.12. The van der Waals surface area contributed by atoms with Crippen molar-refractivity contribution < 1.29 is 14.3 Å². The van der Waals surface area contributed by atoms with Crippen LogP contribution in [0.25, 0.3) is 0 Å². The number of hydrogen-bond donors (Lipinski definition) is 0. The van der Waals surface area contributed by atoms with Crippen molar-refractivity contribution in [2.75, 3.05) is 40.3 Å². The predicted octanol–water partition coefficient (Wildman–Crippen LogP) is 3.63. The topological polar surface area (TPSA) is 56.3 Å². The highest BCUT2D eigenvalue weighted by Crippen LogP contribution is 2.30. The smallest absolute Gasteiger partial charge is 0.410 e. The van der Waals surface area contributed by atoms with Crippen LogP contribution in [0, 0.1) is 5.92 Å². The highest BCUT2D eigenvalue weighted by atomic mass is 16.6. The molecule has 0 N–H and O–H groups in total. The molecule has 1 aliphatic carbocycles. The first-order valence-electron chi connectivity index (χ1n) is 11.8. The van der Waals surface area contributed by atoms with Gasteiger partial charge in [0, 0.05) is 52.4 Å². The molecular weight excluding hydrogens is 380 g/mol. The van der Waals surface area contributed by atoms with Crippen LogP contribution in [-0.2, 0) is 4.74 Å². The quantitative estimate of drug-likeness (QED) is 0.697. The van der Waals surface area contributed by atoms with Gasteiger partial charge in [0.2, 0.25) is 0 Å². The molecule has 3 rings (SSSR count). The van der Waals surface area contributed by atoms with Gasteiger partial charge in [-0.05, 0) is 65.2 Å².